The second kappa shape index (κ2) is 15.4. The first-order valence-electron chi connectivity index (χ1n) is 14.0. The SMILES string of the molecule is CCn1c(CNC(=O)c2nc(Cl)c(N)nc2N)[n+](CC)c2ccc(OCCNC(=O)[C@H](C)N(C)C(=O)OC(C)(C)C)cc21.[I-]. The second-order valence-corrected chi connectivity index (χ2v) is 11.1. The number of amides is 3. The van der Waals surface area contributed by atoms with E-state index in [1.54, 1.807) is 27.7 Å². The average Bonchev–Trinajstić information content (AvgIpc) is 3.25. The Morgan fingerprint density at radius 1 is 1.14 bits per heavy atom. The number of nitrogen functional groups attached to an aromatic ring is 2. The highest BCUT2D eigenvalue weighted by Crippen LogP contribution is 2.22. The van der Waals surface area contributed by atoms with Gasteiger partial charge < -0.3 is 55.6 Å². The summed E-state index contributed by atoms with van der Waals surface area (Å²) in [4.78, 5) is 46.8. The number of fused-ring (bicyclic) bond motifs is 1. The number of carbonyl (C=O) groups excluding carboxylic acids is 3. The molecule has 1 aromatic carbocycles. The summed E-state index contributed by atoms with van der Waals surface area (Å²) >= 11 is 5.93. The maximum atomic E-state index is 12.8. The number of imidazole rings is 1. The van der Waals surface area contributed by atoms with Crippen LogP contribution >= 0.6 is 11.6 Å². The van der Waals surface area contributed by atoms with Gasteiger partial charge in [-0.1, -0.05) is 11.6 Å². The fourth-order valence-corrected chi connectivity index (χ4v) is 4.50. The first kappa shape index (κ1) is 36.6. The van der Waals surface area contributed by atoms with Crippen LogP contribution in [0.1, 0.15) is 57.9 Å². The van der Waals surface area contributed by atoms with Gasteiger partial charge in [0.25, 0.3) is 11.7 Å². The molecule has 0 aliphatic heterocycles. The maximum Gasteiger partial charge on any atom is 0.410 e. The van der Waals surface area contributed by atoms with Crippen molar-refractivity contribution < 1.29 is 52.4 Å². The number of nitrogens with one attached hydrogen (secondary N) is 2. The molecule has 0 unspecified atom stereocenters. The van der Waals surface area contributed by atoms with Crippen LogP contribution in [0.3, 0.4) is 0 Å². The zero-order valence-corrected chi connectivity index (χ0v) is 28.9. The van der Waals surface area contributed by atoms with Crippen molar-refractivity contribution in [3.05, 3.63) is 34.9 Å². The molecule has 0 saturated carbocycles. The highest BCUT2D eigenvalue weighted by atomic mass is 127. The number of hydrogen-bond acceptors (Lipinski definition) is 9. The lowest BCUT2D eigenvalue weighted by Gasteiger charge is -2.28. The molecule has 16 heteroatoms. The number of carbonyl (C=O) groups is 3. The molecule has 3 amide bonds. The number of nitrogens with zero attached hydrogens (tertiary/aromatic N) is 5. The normalized spacial score (nSPS) is 11.8. The highest BCUT2D eigenvalue weighted by molar-refractivity contribution is 6.31. The van der Waals surface area contributed by atoms with E-state index in [9.17, 15) is 14.4 Å². The van der Waals surface area contributed by atoms with Crippen molar-refractivity contribution in [2.75, 3.05) is 31.7 Å². The zero-order valence-electron chi connectivity index (χ0n) is 26.0. The van der Waals surface area contributed by atoms with Gasteiger partial charge in [0.2, 0.25) is 5.91 Å². The van der Waals surface area contributed by atoms with E-state index in [-0.39, 0.29) is 72.1 Å². The summed E-state index contributed by atoms with van der Waals surface area (Å²) in [5.41, 5.74) is 12.6. The smallest absolute Gasteiger partial charge is 0.410 e. The van der Waals surface area contributed by atoms with Crippen LogP contribution < -0.4 is 55.4 Å². The quantitative estimate of drug-likeness (QED) is 0.112. The van der Waals surface area contributed by atoms with Crippen molar-refractivity contribution in [3.63, 3.8) is 0 Å². The van der Waals surface area contributed by atoms with Gasteiger partial charge in [0, 0.05) is 13.1 Å². The van der Waals surface area contributed by atoms with Crippen LogP contribution in [0.5, 0.6) is 5.75 Å². The van der Waals surface area contributed by atoms with Crippen LogP contribution in [-0.4, -0.2) is 69.2 Å². The topological polar surface area (TPSA) is 184 Å². The lowest BCUT2D eigenvalue weighted by molar-refractivity contribution is -0.676. The van der Waals surface area contributed by atoms with Crippen LogP contribution in [0, 0.1) is 0 Å². The Balaban J connectivity index is 0.00000675. The van der Waals surface area contributed by atoms with Gasteiger partial charge in [0.15, 0.2) is 33.5 Å². The average molecular weight is 746 g/mol. The lowest BCUT2D eigenvalue weighted by atomic mass is 10.2. The minimum absolute atomic E-state index is 0. The van der Waals surface area contributed by atoms with Gasteiger partial charge in [-0.15, -0.1) is 0 Å². The van der Waals surface area contributed by atoms with E-state index in [4.69, 9.17) is 32.5 Å². The number of likely N-dealkylation sites (N-methyl/N-ethyl adjacent to an activating group) is 1. The van der Waals surface area contributed by atoms with Gasteiger partial charge >= 0.3 is 6.09 Å². The predicted octanol–water partition coefficient (Wildman–Crippen LogP) is -0.739. The van der Waals surface area contributed by atoms with Gasteiger partial charge in [-0.05, 0) is 53.7 Å². The number of aromatic nitrogens is 4. The van der Waals surface area contributed by atoms with Gasteiger partial charge in [-0.3, -0.25) is 14.5 Å². The van der Waals surface area contributed by atoms with E-state index in [2.05, 4.69) is 29.7 Å². The van der Waals surface area contributed by atoms with Crippen LogP contribution in [0.4, 0.5) is 16.4 Å². The largest absolute Gasteiger partial charge is 1.00 e. The third-order valence-corrected chi connectivity index (χ3v) is 6.90. The summed E-state index contributed by atoms with van der Waals surface area (Å²) in [6.45, 7) is 12.9. The molecule has 0 fully saturated rings. The Bertz CT molecular complexity index is 1510. The third kappa shape index (κ3) is 8.74. The number of benzene rings is 1. The van der Waals surface area contributed by atoms with Crippen molar-refractivity contribution in [3.8, 4) is 5.75 Å². The van der Waals surface area contributed by atoms with Crippen LogP contribution in [0.25, 0.3) is 11.0 Å². The Morgan fingerprint density at radius 2 is 1.82 bits per heavy atom. The monoisotopic (exact) mass is 745 g/mol. The van der Waals surface area contributed by atoms with Crippen LogP contribution in [0.15, 0.2) is 18.2 Å². The fourth-order valence-electron chi connectivity index (χ4n) is 4.37. The van der Waals surface area contributed by atoms with Gasteiger partial charge in [-0.2, -0.15) is 0 Å². The molecule has 44 heavy (non-hydrogen) atoms. The first-order chi connectivity index (χ1) is 20.2. The molecule has 2 heterocycles. The molecule has 0 radical (unpaired) electrons. The second-order valence-electron chi connectivity index (χ2n) is 10.8. The number of anilines is 2. The van der Waals surface area contributed by atoms with Crippen molar-refractivity contribution in [1.29, 1.82) is 0 Å². The van der Waals surface area contributed by atoms with Crippen molar-refractivity contribution >= 4 is 52.2 Å². The molecular formula is C28H41ClIN9O5. The minimum Gasteiger partial charge on any atom is -1.00 e. The van der Waals surface area contributed by atoms with E-state index < -0.39 is 23.6 Å². The third-order valence-electron chi connectivity index (χ3n) is 6.62. The molecule has 3 rings (SSSR count). The number of aryl methyl sites for hydroxylation is 2. The Labute approximate surface area is 278 Å². The number of rotatable bonds is 11. The molecule has 0 saturated heterocycles. The molecule has 14 nitrogen and oxygen atoms in total. The van der Waals surface area contributed by atoms with Crippen LogP contribution in [-0.2, 0) is 29.2 Å². The highest BCUT2D eigenvalue weighted by Gasteiger charge is 2.27. The number of hydrogen-bond donors (Lipinski definition) is 4. The fraction of sp³-hybridized carbons (Fsp3) is 0.500. The Morgan fingerprint density at radius 3 is 2.43 bits per heavy atom. The van der Waals surface area contributed by atoms with Crippen molar-refractivity contribution in [2.24, 2.45) is 0 Å². The van der Waals surface area contributed by atoms with Crippen molar-refractivity contribution in [1.82, 2.24) is 30.1 Å². The summed E-state index contributed by atoms with van der Waals surface area (Å²) in [7, 11) is 1.52. The number of ether oxygens (including phenoxy) is 2. The molecule has 3 aromatic rings. The summed E-state index contributed by atoms with van der Waals surface area (Å²) in [5.74, 6) is 0.463. The molecule has 0 aliphatic carbocycles. The molecule has 0 spiro atoms. The van der Waals surface area contributed by atoms with Gasteiger partial charge in [0.05, 0.1) is 19.6 Å². The Hall–Kier alpha value is -3.60. The van der Waals surface area contributed by atoms with E-state index in [1.165, 1.54) is 11.9 Å². The Kier molecular flexibility index (Phi) is 12.8. The van der Waals surface area contributed by atoms with Gasteiger partial charge in [-0.25, -0.2) is 23.9 Å². The van der Waals surface area contributed by atoms with Gasteiger partial charge in [0.1, 0.15) is 30.5 Å². The van der Waals surface area contributed by atoms with E-state index in [0.717, 1.165) is 16.9 Å². The van der Waals surface area contributed by atoms with Crippen LogP contribution in [0.2, 0.25) is 5.15 Å². The zero-order chi connectivity index (χ0) is 32.1. The molecule has 242 valence electrons. The minimum atomic E-state index is -0.720. The maximum absolute atomic E-state index is 12.8. The molecule has 6 N–H and O–H groups in total. The first-order valence-corrected chi connectivity index (χ1v) is 14.3. The molecular weight excluding hydrogens is 705 g/mol. The standard InChI is InChI=1S/C28H40ClN9O5.HI/c1-8-37-18-11-10-17(42-13-12-32-25(39)16(3)36(7)27(41)43-28(4,5)6)14-19(18)38(9-2)20(37)15-33-26(40)21-23(30)35-24(31)22(29)34-21;/h10-11,14,16H,8-9,12-13,15H2,1-7H3,(H5-,30,31,32,33,35,39,40);1H/t16-;/m0./s1. The van der Waals surface area contributed by atoms with E-state index >= 15 is 0 Å². The summed E-state index contributed by atoms with van der Waals surface area (Å²) in [5, 5.41) is 5.54. The number of nitrogens with two attached hydrogens (primary N) is 2. The van der Waals surface area contributed by atoms with E-state index in [0.29, 0.717) is 18.8 Å². The molecule has 2 aromatic heterocycles. The van der Waals surface area contributed by atoms with E-state index in [1.807, 2.05) is 32.0 Å². The molecule has 0 aliphatic rings. The summed E-state index contributed by atoms with van der Waals surface area (Å²) < 4.78 is 15.4. The lowest BCUT2D eigenvalue weighted by Crippen LogP contribution is -3.00. The molecule has 1 atom stereocenters. The van der Waals surface area contributed by atoms with Crippen molar-refractivity contribution in [2.45, 2.75) is 72.8 Å². The predicted molar refractivity (Wildman–Crippen MR) is 162 cm³/mol. The summed E-state index contributed by atoms with van der Waals surface area (Å²) in [6, 6.07) is 5.00. The number of halogens is 2. The summed E-state index contributed by atoms with van der Waals surface area (Å²) in [6.07, 6.45) is -0.575. The molecule has 0 bridgehead atoms.